The molecule has 0 aromatic carbocycles. The Morgan fingerprint density at radius 2 is 1.94 bits per heavy atom. The molecule has 0 saturated heterocycles. The molecule has 0 aliphatic heterocycles. The highest BCUT2D eigenvalue weighted by Crippen LogP contribution is 2.35. The first-order valence-electron chi connectivity index (χ1n) is 3.67. The van der Waals surface area contributed by atoms with E-state index in [-0.39, 0.29) is 0 Å². The SMILES string of the molecule is O=c1cc(Br)c(C(F)F)c(OC(F)(F)F)[nH]1. The highest BCUT2D eigenvalue weighted by atomic mass is 79.9. The van der Waals surface area contributed by atoms with E-state index in [2.05, 4.69) is 20.7 Å². The molecule has 3 nitrogen and oxygen atoms in total. The number of rotatable bonds is 2. The van der Waals surface area contributed by atoms with E-state index in [1.54, 1.807) is 4.98 Å². The molecule has 1 heterocycles. The Balaban J connectivity index is 3.30. The van der Waals surface area contributed by atoms with Gasteiger partial charge in [0.25, 0.3) is 12.0 Å². The smallest absolute Gasteiger partial charge is 0.389 e. The van der Waals surface area contributed by atoms with Crippen LogP contribution in [-0.2, 0) is 0 Å². The van der Waals surface area contributed by atoms with Crippen molar-refractivity contribution >= 4 is 15.9 Å². The van der Waals surface area contributed by atoms with E-state index in [1.165, 1.54) is 0 Å². The van der Waals surface area contributed by atoms with Crippen molar-refractivity contribution in [2.45, 2.75) is 12.8 Å². The van der Waals surface area contributed by atoms with E-state index in [9.17, 15) is 26.7 Å². The molecule has 1 rings (SSSR count). The first-order chi connectivity index (χ1) is 7.20. The van der Waals surface area contributed by atoms with Gasteiger partial charge in [-0.3, -0.25) is 9.78 Å². The fourth-order valence-electron chi connectivity index (χ4n) is 0.916. The molecule has 0 unspecified atom stereocenters. The normalized spacial score (nSPS) is 11.9. The van der Waals surface area contributed by atoms with E-state index in [0.717, 1.165) is 0 Å². The molecular formula is C7H3BrF5NO2. The second kappa shape index (κ2) is 4.40. The zero-order valence-corrected chi connectivity index (χ0v) is 8.82. The summed E-state index contributed by atoms with van der Waals surface area (Å²) in [6, 6.07) is 0.685. The summed E-state index contributed by atoms with van der Waals surface area (Å²) in [5, 5.41) is 0. The van der Waals surface area contributed by atoms with Crippen LogP contribution in [0.25, 0.3) is 0 Å². The molecule has 16 heavy (non-hydrogen) atoms. The van der Waals surface area contributed by atoms with Gasteiger partial charge in [-0.25, -0.2) is 8.78 Å². The van der Waals surface area contributed by atoms with Crippen molar-refractivity contribution in [2.75, 3.05) is 0 Å². The van der Waals surface area contributed by atoms with Gasteiger partial charge >= 0.3 is 6.36 Å². The van der Waals surface area contributed by atoms with E-state index < -0.39 is 34.3 Å². The summed E-state index contributed by atoms with van der Waals surface area (Å²) < 4.78 is 63.2. The van der Waals surface area contributed by atoms with E-state index in [1.807, 2.05) is 0 Å². The zero-order chi connectivity index (χ0) is 12.5. The summed E-state index contributed by atoms with van der Waals surface area (Å²) in [6.07, 6.45) is -8.38. The van der Waals surface area contributed by atoms with Gasteiger partial charge in [-0.2, -0.15) is 0 Å². The Hall–Kier alpha value is -1.12. The predicted octanol–water partition coefficient (Wildman–Crippen LogP) is 2.97. The Morgan fingerprint density at radius 3 is 2.38 bits per heavy atom. The second-order valence-corrected chi connectivity index (χ2v) is 3.43. The quantitative estimate of drug-likeness (QED) is 0.854. The number of hydrogen-bond acceptors (Lipinski definition) is 2. The van der Waals surface area contributed by atoms with Crippen molar-refractivity contribution in [3.63, 3.8) is 0 Å². The first-order valence-corrected chi connectivity index (χ1v) is 4.46. The van der Waals surface area contributed by atoms with Crippen LogP contribution in [0.4, 0.5) is 22.0 Å². The zero-order valence-electron chi connectivity index (χ0n) is 7.24. The molecule has 0 atom stereocenters. The van der Waals surface area contributed by atoms with Gasteiger partial charge in [-0.05, 0) is 15.9 Å². The van der Waals surface area contributed by atoms with Gasteiger partial charge in [0.2, 0.25) is 5.88 Å². The van der Waals surface area contributed by atoms with Crippen molar-refractivity contribution in [2.24, 2.45) is 0 Å². The summed E-state index contributed by atoms with van der Waals surface area (Å²) in [4.78, 5) is 12.3. The van der Waals surface area contributed by atoms with E-state index in [0.29, 0.717) is 6.07 Å². The largest absolute Gasteiger partial charge is 0.574 e. The third kappa shape index (κ3) is 3.19. The molecule has 0 spiro atoms. The van der Waals surface area contributed by atoms with Crippen molar-refractivity contribution in [3.05, 3.63) is 26.5 Å². The molecule has 0 saturated carbocycles. The minimum atomic E-state index is -5.16. The maximum Gasteiger partial charge on any atom is 0.574 e. The Bertz CT molecular complexity index is 441. The minimum absolute atomic E-state index is 0.453. The number of aromatic amines is 1. The monoisotopic (exact) mass is 307 g/mol. The minimum Gasteiger partial charge on any atom is -0.389 e. The highest BCUT2D eigenvalue weighted by molar-refractivity contribution is 9.10. The van der Waals surface area contributed by atoms with Gasteiger partial charge in [0.05, 0.1) is 5.56 Å². The molecule has 0 bridgehead atoms. The Kier molecular flexibility index (Phi) is 3.56. The Labute approximate surface area is 93.4 Å². The number of halogens is 6. The number of aromatic nitrogens is 1. The molecule has 1 aromatic heterocycles. The van der Waals surface area contributed by atoms with Crippen LogP contribution in [0.2, 0.25) is 0 Å². The highest BCUT2D eigenvalue weighted by Gasteiger charge is 2.34. The van der Waals surface area contributed by atoms with Crippen LogP contribution in [-0.4, -0.2) is 11.3 Å². The lowest BCUT2D eigenvalue weighted by atomic mass is 10.3. The molecule has 1 aromatic rings. The average molecular weight is 308 g/mol. The summed E-state index contributed by atoms with van der Waals surface area (Å²) in [7, 11) is 0. The number of H-pyrrole nitrogens is 1. The van der Waals surface area contributed by atoms with Gasteiger partial charge in [0, 0.05) is 10.5 Å². The van der Waals surface area contributed by atoms with Gasteiger partial charge in [0.1, 0.15) is 0 Å². The van der Waals surface area contributed by atoms with Gasteiger partial charge in [-0.1, -0.05) is 0 Å². The average Bonchev–Trinajstić information content (AvgIpc) is 1.96. The predicted molar refractivity (Wildman–Crippen MR) is 46.4 cm³/mol. The number of alkyl halides is 5. The lowest BCUT2D eigenvalue weighted by Crippen LogP contribution is -2.21. The standard InChI is InChI=1S/C7H3BrF5NO2/c8-2-1-3(15)14-6(4(2)5(9)10)16-7(11,12)13/h1,5H,(H,14,15). The Morgan fingerprint density at radius 1 is 1.38 bits per heavy atom. The van der Waals surface area contributed by atoms with Gasteiger partial charge in [0.15, 0.2) is 0 Å². The first kappa shape index (κ1) is 12.9. The molecule has 9 heteroatoms. The van der Waals surface area contributed by atoms with Gasteiger partial charge < -0.3 is 4.74 Å². The number of ether oxygens (including phenoxy) is 1. The van der Waals surface area contributed by atoms with Crippen molar-refractivity contribution < 1.29 is 26.7 Å². The topological polar surface area (TPSA) is 42.1 Å². The van der Waals surface area contributed by atoms with Crippen LogP contribution >= 0.6 is 15.9 Å². The molecule has 0 radical (unpaired) electrons. The maximum atomic E-state index is 12.4. The lowest BCUT2D eigenvalue weighted by molar-refractivity contribution is -0.276. The van der Waals surface area contributed by atoms with Crippen molar-refractivity contribution in [3.8, 4) is 5.88 Å². The van der Waals surface area contributed by atoms with Crippen LogP contribution in [0.5, 0.6) is 5.88 Å². The summed E-state index contributed by atoms with van der Waals surface area (Å²) in [5.41, 5.74) is -2.05. The number of nitrogens with one attached hydrogen (secondary N) is 1. The maximum absolute atomic E-state index is 12.4. The second-order valence-electron chi connectivity index (χ2n) is 2.57. The van der Waals surface area contributed by atoms with Gasteiger partial charge in [-0.15, -0.1) is 13.2 Å². The van der Waals surface area contributed by atoms with Crippen LogP contribution < -0.4 is 10.3 Å². The summed E-state index contributed by atoms with van der Waals surface area (Å²) in [5.74, 6) is -1.32. The summed E-state index contributed by atoms with van der Waals surface area (Å²) in [6.45, 7) is 0. The van der Waals surface area contributed by atoms with E-state index >= 15 is 0 Å². The van der Waals surface area contributed by atoms with Crippen LogP contribution in [0.1, 0.15) is 12.0 Å². The van der Waals surface area contributed by atoms with Crippen molar-refractivity contribution in [1.82, 2.24) is 4.98 Å². The lowest BCUT2D eigenvalue weighted by Gasteiger charge is -2.13. The molecule has 0 aliphatic carbocycles. The van der Waals surface area contributed by atoms with E-state index in [4.69, 9.17) is 0 Å². The molecule has 90 valence electrons. The van der Waals surface area contributed by atoms with Crippen molar-refractivity contribution in [1.29, 1.82) is 0 Å². The molecular weight excluding hydrogens is 305 g/mol. The number of hydrogen-bond donors (Lipinski definition) is 1. The molecule has 0 aliphatic rings. The fourth-order valence-corrected chi connectivity index (χ4v) is 1.48. The third-order valence-corrected chi connectivity index (χ3v) is 2.09. The molecule has 0 fully saturated rings. The fraction of sp³-hybridized carbons (Fsp3) is 0.286. The molecule has 0 amide bonds. The third-order valence-electron chi connectivity index (χ3n) is 1.43. The van der Waals surface area contributed by atoms with Crippen LogP contribution in [0.15, 0.2) is 15.3 Å². The van der Waals surface area contributed by atoms with Crippen LogP contribution in [0, 0.1) is 0 Å². The van der Waals surface area contributed by atoms with Crippen LogP contribution in [0.3, 0.4) is 0 Å². The molecule has 1 N–H and O–H groups in total. The number of pyridine rings is 1. The summed E-state index contributed by atoms with van der Waals surface area (Å²) >= 11 is 2.56.